The van der Waals surface area contributed by atoms with Crippen LogP contribution in [-0.4, -0.2) is 10.7 Å². The van der Waals surface area contributed by atoms with Crippen molar-refractivity contribution < 1.29 is 14.1 Å². The topological polar surface area (TPSA) is 60.2 Å². The summed E-state index contributed by atoms with van der Waals surface area (Å²) in [5, 5.41) is 10.3. The molecule has 0 bridgehead atoms. The van der Waals surface area contributed by atoms with Crippen molar-refractivity contribution in [3.63, 3.8) is 0 Å². The summed E-state index contributed by atoms with van der Waals surface area (Å²) in [6.07, 6.45) is -2.26. The summed E-state index contributed by atoms with van der Waals surface area (Å²) in [5.74, 6) is -0.205. The SMILES string of the molecule is O=C(c1ccccc1)c1ccc(C(F)[N+](=O)[O-])cc1. The molecule has 1 atom stereocenters. The van der Waals surface area contributed by atoms with Crippen LogP contribution in [0.15, 0.2) is 54.6 Å². The van der Waals surface area contributed by atoms with Gasteiger partial charge in [0.05, 0.1) is 10.5 Å². The van der Waals surface area contributed by atoms with Gasteiger partial charge in [0.1, 0.15) is 0 Å². The van der Waals surface area contributed by atoms with Gasteiger partial charge < -0.3 is 0 Å². The monoisotopic (exact) mass is 259 g/mol. The number of hydrogen-bond donors (Lipinski definition) is 0. The summed E-state index contributed by atoms with van der Waals surface area (Å²) < 4.78 is 13.1. The van der Waals surface area contributed by atoms with E-state index in [9.17, 15) is 19.3 Å². The van der Waals surface area contributed by atoms with Crippen LogP contribution in [0.3, 0.4) is 0 Å². The largest absolute Gasteiger partial charge is 0.375 e. The average Bonchev–Trinajstić information content (AvgIpc) is 2.46. The van der Waals surface area contributed by atoms with E-state index in [4.69, 9.17) is 0 Å². The lowest BCUT2D eigenvalue weighted by molar-refractivity contribution is -0.560. The summed E-state index contributed by atoms with van der Waals surface area (Å²) in [6, 6.07) is 13.9. The van der Waals surface area contributed by atoms with E-state index < -0.39 is 11.2 Å². The zero-order valence-electron chi connectivity index (χ0n) is 9.82. The van der Waals surface area contributed by atoms with E-state index in [1.54, 1.807) is 30.3 Å². The lowest BCUT2D eigenvalue weighted by atomic mass is 10.0. The van der Waals surface area contributed by atoms with E-state index in [0.717, 1.165) is 0 Å². The molecule has 1 unspecified atom stereocenters. The molecule has 0 saturated heterocycles. The number of nitrogens with zero attached hydrogens (tertiary/aromatic N) is 1. The summed E-state index contributed by atoms with van der Waals surface area (Å²) >= 11 is 0. The van der Waals surface area contributed by atoms with Gasteiger partial charge in [0.2, 0.25) is 0 Å². The Balaban J connectivity index is 2.24. The number of hydrogen-bond acceptors (Lipinski definition) is 3. The highest BCUT2D eigenvalue weighted by atomic mass is 19.1. The number of ketones is 1. The van der Waals surface area contributed by atoms with Gasteiger partial charge in [-0.1, -0.05) is 42.5 Å². The zero-order chi connectivity index (χ0) is 13.8. The van der Waals surface area contributed by atoms with Crippen LogP contribution in [-0.2, 0) is 0 Å². The van der Waals surface area contributed by atoms with E-state index in [0.29, 0.717) is 11.1 Å². The maximum Gasteiger partial charge on any atom is 0.375 e. The highest BCUT2D eigenvalue weighted by Crippen LogP contribution is 2.19. The van der Waals surface area contributed by atoms with Gasteiger partial charge in [-0.05, 0) is 12.1 Å². The third-order valence-corrected chi connectivity index (χ3v) is 2.67. The maximum absolute atomic E-state index is 13.1. The molecule has 5 heteroatoms. The number of alkyl halides is 1. The second kappa shape index (κ2) is 5.39. The van der Waals surface area contributed by atoms with Crippen LogP contribution in [0.4, 0.5) is 4.39 Å². The minimum absolute atomic E-state index is 0.0744. The van der Waals surface area contributed by atoms with Gasteiger partial charge in [-0.3, -0.25) is 14.9 Å². The van der Waals surface area contributed by atoms with Crippen molar-refractivity contribution in [1.29, 1.82) is 0 Å². The number of rotatable bonds is 4. The molecule has 0 radical (unpaired) electrons. The standard InChI is InChI=1S/C14H10FNO3/c15-14(16(18)19)12-8-6-11(7-9-12)13(17)10-4-2-1-3-5-10/h1-9,14H. The fraction of sp³-hybridized carbons (Fsp3) is 0.0714. The van der Waals surface area contributed by atoms with E-state index >= 15 is 0 Å². The molecule has 0 saturated carbocycles. The third-order valence-electron chi connectivity index (χ3n) is 2.67. The first-order valence-corrected chi connectivity index (χ1v) is 5.57. The van der Waals surface area contributed by atoms with Crippen molar-refractivity contribution in [3.05, 3.63) is 81.4 Å². The van der Waals surface area contributed by atoms with E-state index in [1.807, 2.05) is 0 Å². The molecule has 2 rings (SSSR count). The first-order valence-electron chi connectivity index (χ1n) is 5.57. The maximum atomic E-state index is 13.1. The van der Waals surface area contributed by atoms with Gasteiger partial charge in [0.15, 0.2) is 5.78 Å². The molecule has 0 amide bonds. The summed E-state index contributed by atoms with van der Waals surface area (Å²) in [6.45, 7) is 0. The molecule has 0 N–H and O–H groups in total. The molecule has 0 spiro atoms. The summed E-state index contributed by atoms with van der Waals surface area (Å²) in [4.78, 5) is 21.3. The van der Waals surface area contributed by atoms with Crippen LogP contribution in [0.1, 0.15) is 27.8 Å². The van der Waals surface area contributed by atoms with Gasteiger partial charge in [0, 0.05) is 11.1 Å². The quantitative estimate of drug-likeness (QED) is 0.366. The second-order valence-electron chi connectivity index (χ2n) is 3.94. The predicted octanol–water partition coefficient (Wildman–Crippen LogP) is 3.16. The molecule has 0 aliphatic rings. The minimum atomic E-state index is -2.26. The first kappa shape index (κ1) is 12.9. The van der Waals surface area contributed by atoms with E-state index in [2.05, 4.69) is 0 Å². The molecule has 0 aliphatic carbocycles. The van der Waals surface area contributed by atoms with Gasteiger partial charge in [0.25, 0.3) is 0 Å². The van der Waals surface area contributed by atoms with Crippen LogP contribution < -0.4 is 0 Å². The van der Waals surface area contributed by atoms with Crippen molar-refractivity contribution in [2.75, 3.05) is 0 Å². The molecule has 0 aromatic heterocycles. The van der Waals surface area contributed by atoms with Crippen LogP contribution in [0.25, 0.3) is 0 Å². The van der Waals surface area contributed by atoms with Gasteiger partial charge in [-0.2, -0.15) is 4.39 Å². The fourth-order valence-corrected chi connectivity index (χ4v) is 1.67. The van der Waals surface area contributed by atoms with E-state index in [-0.39, 0.29) is 11.3 Å². The molecule has 0 aliphatic heterocycles. The Morgan fingerprint density at radius 1 is 1.00 bits per heavy atom. The Morgan fingerprint density at radius 3 is 2.05 bits per heavy atom. The minimum Gasteiger partial charge on any atom is -0.289 e. The number of carbonyl (C=O) groups is 1. The fourth-order valence-electron chi connectivity index (χ4n) is 1.67. The molecule has 0 heterocycles. The Hall–Kier alpha value is -2.56. The molecule has 96 valence electrons. The van der Waals surface area contributed by atoms with Crippen LogP contribution in [0.2, 0.25) is 0 Å². The Kier molecular flexibility index (Phi) is 3.66. The molecule has 2 aromatic rings. The Bertz CT molecular complexity index is 596. The van der Waals surface area contributed by atoms with Crippen molar-refractivity contribution in [3.8, 4) is 0 Å². The van der Waals surface area contributed by atoms with Gasteiger partial charge >= 0.3 is 6.30 Å². The van der Waals surface area contributed by atoms with Gasteiger partial charge in [-0.15, -0.1) is 0 Å². The molecule has 0 fully saturated rings. The van der Waals surface area contributed by atoms with Crippen LogP contribution in [0.5, 0.6) is 0 Å². The van der Waals surface area contributed by atoms with Gasteiger partial charge in [-0.25, -0.2) is 0 Å². The molecule has 19 heavy (non-hydrogen) atoms. The Morgan fingerprint density at radius 2 is 1.53 bits per heavy atom. The number of halogens is 1. The lowest BCUT2D eigenvalue weighted by Crippen LogP contribution is -2.06. The smallest absolute Gasteiger partial charge is 0.289 e. The van der Waals surface area contributed by atoms with Crippen molar-refractivity contribution in [2.24, 2.45) is 0 Å². The molecule has 4 nitrogen and oxygen atoms in total. The van der Waals surface area contributed by atoms with Crippen molar-refractivity contribution in [1.82, 2.24) is 0 Å². The highest BCUT2D eigenvalue weighted by molar-refractivity contribution is 6.08. The number of benzene rings is 2. The average molecular weight is 259 g/mol. The molecular weight excluding hydrogens is 249 g/mol. The molecular formula is C14H10FNO3. The highest BCUT2D eigenvalue weighted by Gasteiger charge is 2.20. The van der Waals surface area contributed by atoms with Crippen molar-refractivity contribution >= 4 is 5.78 Å². The second-order valence-corrected chi connectivity index (χ2v) is 3.94. The summed E-state index contributed by atoms with van der Waals surface area (Å²) in [7, 11) is 0. The lowest BCUT2D eigenvalue weighted by Gasteiger charge is -2.03. The van der Waals surface area contributed by atoms with Crippen molar-refractivity contribution in [2.45, 2.75) is 6.30 Å². The summed E-state index contributed by atoms with van der Waals surface area (Å²) in [5.41, 5.74) is 0.807. The number of carbonyl (C=O) groups excluding carboxylic acids is 1. The third kappa shape index (κ3) is 2.82. The predicted molar refractivity (Wildman–Crippen MR) is 67.2 cm³/mol. The molecule has 2 aromatic carbocycles. The number of nitro groups is 1. The zero-order valence-corrected chi connectivity index (χ0v) is 9.82. The van der Waals surface area contributed by atoms with Crippen LogP contribution in [0, 0.1) is 10.1 Å². The normalized spacial score (nSPS) is 11.8. The first-order chi connectivity index (χ1) is 9.09. The van der Waals surface area contributed by atoms with Crippen LogP contribution >= 0.6 is 0 Å². The Labute approximate surface area is 108 Å². The van der Waals surface area contributed by atoms with E-state index in [1.165, 1.54) is 24.3 Å².